The van der Waals surface area contributed by atoms with Crippen molar-refractivity contribution in [3.8, 4) is 11.5 Å². The molecule has 5 heteroatoms. The van der Waals surface area contributed by atoms with Crippen molar-refractivity contribution in [2.24, 2.45) is 5.73 Å². The van der Waals surface area contributed by atoms with Gasteiger partial charge in [0.1, 0.15) is 11.5 Å². The van der Waals surface area contributed by atoms with Crippen molar-refractivity contribution in [3.63, 3.8) is 0 Å². The van der Waals surface area contributed by atoms with Crippen molar-refractivity contribution in [3.05, 3.63) is 59.2 Å². The molecule has 23 heavy (non-hydrogen) atoms. The van der Waals surface area contributed by atoms with Gasteiger partial charge in [-0.3, -0.25) is 4.79 Å². The second-order valence-electron chi connectivity index (χ2n) is 5.44. The normalized spacial score (nSPS) is 12.5. The zero-order valence-electron chi connectivity index (χ0n) is 12.6. The Morgan fingerprint density at radius 3 is 2.39 bits per heavy atom. The number of hydrogen-bond acceptors (Lipinski definition) is 4. The summed E-state index contributed by atoms with van der Waals surface area (Å²) < 4.78 is 10.6. The summed E-state index contributed by atoms with van der Waals surface area (Å²) in [4.78, 5) is 22.8. The number of carbonyl (C=O) groups excluding carboxylic acids is 2. The molecule has 1 aliphatic carbocycles. The molecular weight excluding hydrogens is 294 g/mol. The first-order valence-electron chi connectivity index (χ1n) is 7.47. The summed E-state index contributed by atoms with van der Waals surface area (Å²) in [6.45, 7) is -0.170. The number of carbonyl (C=O) groups is 2. The monoisotopic (exact) mass is 311 g/mol. The van der Waals surface area contributed by atoms with Crippen molar-refractivity contribution in [1.29, 1.82) is 0 Å². The minimum atomic E-state index is -0.525. The molecule has 0 heterocycles. The van der Waals surface area contributed by atoms with Crippen LogP contribution in [0.15, 0.2) is 42.5 Å². The average molecular weight is 311 g/mol. The van der Waals surface area contributed by atoms with Gasteiger partial charge in [0.15, 0.2) is 6.61 Å². The van der Waals surface area contributed by atoms with Crippen LogP contribution in [0, 0.1) is 0 Å². The van der Waals surface area contributed by atoms with E-state index in [9.17, 15) is 9.59 Å². The number of nitrogens with two attached hydrogens (primary N) is 1. The van der Waals surface area contributed by atoms with Gasteiger partial charge in [-0.1, -0.05) is 6.07 Å². The van der Waals surface area contributed by atoms with Crippen molar-refractivity contribution in [2.75, 3.05) is 6.61 Å². The van der Waals surface area contributed by atoms with Crippen LogP contribution in [0.3, 0.4) is 0 Å². The minimum absolute atomic E-state index is 0.170. The van der Waals surface area contributed by atoms with E-state index in [1.807, 2.05) is 18.2 Å². The van der Waals surface area contributed by atoms with Crippen LogP contribution in [0.5, 0.6) is 11.5 Å². The van der Waals surface area contributed by atoms with Crippen LogP contribution in [0.25, 0.3) is 0 Å². The van der Waals surface area contributed by atoms with Crippen molar-refractivity contribution in [2.45, 2.75) is 19.3 Å². The predicted octanol–water partition coefficient (Wildman–Crippen LogP) is 2.26. The van der Waals surface area contributed by atoms with Crippen molar-refractivity contribution >= 4 is 11.9 Å². The number of amides is 1. The lowest BCUT2D eigenvalue weighted by molar-refractivity contribution is -0.136. The highest BCUT2D eigenvalue weighted by molar-refractivity contribution is 5.92. The van der Waals surface area contributed by atoms with Gasteiger partial charge in [-0.15, -0.1) is 0 Å². The Morgan fingerprint density at radius 1 is 0.957 bits per heavy atom. The Bertz CT molecular complexity index is 737. The molecule has 1 amide bonds. The number of primary amides is 1. The van der Waals surface area contributed by atoms with E-state index in [4.69, 9.17) is 15.2 Å². The number of fused-ring (bicyclic) bond motifs is 1. The second-order valence-corrected chi connectivity index (χ2v) is 5.44. The first-order valence-corrected chi connectivity index (χ1v) is 7.47. The highest BCUT2D eigenvalue weighted by atomic mass is 16.6. The molecule has 2 N–H and O–H groups in total. The fourth-order valence-electron chi connectivity index (χ4n) is 2.63. The molecule has 0 bridgehead atoms. The minimum Gasteiger partial charge on any atom is -0.482 e. The molecular formula is C18H17NO4. The fourth-order valence-corrected chi connectivity index (χ4v) is 2.63. The van der Waals surface area contributed by atoms with Crippen LogP contribution < -0.4 is 15.2 Å². The molecule has 0 atom stereocenters. The predicted molar refractivity (Wildman–Crippen MR) is 84.6 cm³/mol. The first kappa shape index (κ1) is 15.1. The Morgan fingerprint density at radius 2 is 1.65 bits per heavy atom. The molecule has 3 rings (SSSR count). The van der Waals surface area contributed by atoms with Gasteiger partial charge in [0.05, 0.1) is 0 Å². The lowest BCUT2D eigenvalue weighted by Gasteiger charge is -2.08. The second kappa shape index (κ2) is 6.52. The van der Waals surface area contributed by atoms with E-state index >= 15 is 0 Å². The van der Waals surface area contributed by atoms with Gasteiger partial charge >= 0.3 is 5.97 Å². The maximum absolute atomic E-state index is 11.8. The molecule has 0 aromatic heterocycles. The highest BCUT2D eigenvalue weighted by Gasteiger charge is 2.12. The van der Waals surface area contributed by atoms with Crippen LogP contribution in [0.4, 0.5) is 0 Å². The number of aryl methyl sites for hydroxylation is 2. The maximum Gasteiger partial charge on any atom is 0.349 e. The van der Waals surface area contributed by atoms with E-state index in [0.29, 0.717) is 17.1 Å². The summed E-state index contributed by atoms with van der Waals surface area (Å²) in [5.41, 5.74) is 8.16. The van der Waals surface area contributed by atoms with Crippen LogP contribution in [0.1, 0.15) is 27.9 Å². The van der Waals surface area contributed by atoms with E-state index in [2.05, 4.69) is 0 Å². The Kier molecular flexibility index (Phi) is 4.28. The Hall–Kier alpha value is -2.82. The molecule has 0 aliphatic heterocycles. The third kappa shape index (κ3) is 3.69. The van der Waals surface area contributed by atoms with Crippen molar-refractivity contribution < 1.29 is 19.1 Å². The van der Waals surface area contributed by atoms with Gasteiger partial charge in [-0.05, 0) is 66.8 Å². The topological polar surface area (TPSA) is 78.6 Å². The number of rotatable bonds is 5. The molecule has 118 valence electrons. The maximum atomic E-state index is 11.8. The molecule has 0 radical (unpaired) electrons. The van der Waals surface area contributed by atoms with Gasteiger partial charge in [0.2, 0.25) is 5.91 Å². The summed E-state index contributed by atoms with van der Waals surface area (Å²) in [7, 11) is 0. The zero-order valence-corrected chi connectivity index (χ0v) is 12.6. The molecule has 0 saturated carbocycles. The van der Waals surface area contributed by atoms with Gasteiger partial charge in [0.25, 0.3) is 0 Å². The van der Waals surface area contributed by atoms with Gasteiger partial charge < -0.3 is 15.2 Å². The third-order valence-electron chi connectivity index (χ3n) is 3.80. The van der Waals surface area contributed by atoms with E-state index < -0.39 is 11.9 Å². The summed E-state index contributed by atoms with van der Waals surface area (Å²) in [5, 5.41) is 0. The smallest absolute Gasteiger partial charge is 0.349 e. The summed E-state index contributed by atoms with van der Waals surface area (Å²) >= 11 is 0. The SMILES string of the molecule is NC(=O)c1ccc(OC(=O)COc2ccc3c(c2)CCC3)cc1. The first-order chi connectivity index (χ1) is 11.1. The summed E-state index contributed by atoms with van der Waals surface area (Å²) in [6.07, 6.45) is 3.34. The number of benzene rings is 2. The number of hydrogen-bond donors (Lipinski definition) is 1. The molecule has 0 saturated heterocycles. The van der Waals surface area contributed by atoms with Crippen LogP contribution in [-0.2, 0) is 17.6 Å². The van der Waals surface area contributed by atoms with E-state index in [1.54, 1.807) is 0 Å². The average Bonchev–Trinajstić information content (AvgIpc) is 3.01. The van der Waals surface area contributed by atoms with E-state index in [0.717, 1.165) is 12.8 Å². The quantitative estimate of drug-likeness (QED) is 0.678. The molecule has 0 unspecified atom stereocenters. The summed E-state index contributed by atoms with van der Waals surface area (Å²) in [5.74, 6) is -0.00984. The van der Waals surface area contributed by atoms with E-state index in [1.165, 1.54) is 41.8 Å². The van der Waals surface area contributed by atoms with Crippen LogP contribution >= 0.6 is 0 Å². The fraction of sp³-hybridized carbons (Fsp3) is 0.222. The molecule has 2 aromatic carbocycles. The largest absolute Gasteiger partial charge is 0.482 e. The van der Waals surface area contributed by atoms with Crippen LogP contribution in [-0.4, -0.2) is 18.5 Å². The lowest BCUT2D eigenvalue weighted by atomic mass is 10.1. The molecule has 1 aliphatic rings. The van der Waals surface area contributed by atoms with E-state index in [-0.39, 0.29) is 6.61 Å². The number of ether oxygens (including phenoxy) is 2. The standard InChI is InChI=1S/C18H17NO4/c19-18(21)13-5-7-15(8-6-13)23-17(20)11-22-16-9-4-12-2-1-3-14(12)10-16/h4-10H,1-3,11H2,(H2,19,21). The van der Waals surface area contributed by atoms with Gasteiger partial charge in [0, 0.05) is 5.56 Å². The van der Waals surface area contributed by atoms with Gasteiger partial charge in [-0.2, -0.15) is 0 Å². The Balaban J connectivity index is 1.54. The lowest BCUT2D eigenvalue weighted by Crippen LogP contribution is -2.18. The highest BCUT2D eigenvalue weighted by Crippen LogP contribution is 2.26. The van der Waals surface area contributed by atoms with Crippen molar-refractivity contribution in [1.82, 2.24) is 0 Å². The molecule has 0 fully saturated rings. The molecule has 5 nitrogen and oxygen atoms in total. The Labute approximate surface area is 134 Å². The number of esters is 1. The van der Waals surface area contributed by atoms with Crippen LogP contribution in [0.2, 0.25) is 0 Å². The third-order valence-corrected chi connectivity index (χ3v) is 3.80. The van der Waals surface area contributed by atoms with Gasteiger partial charge in [-0.25, -0.2) is 4.79 Å². The zero-order chi connectivity index (χ0) is 16.2. The summed E-state index contributed by atoms with van der Waals surface area (Å²) in [6, 6.07) is 12.0. The molecule has 0 spiro atoms. The molecule has 2 aromatic rings.